The van der Waals surface area contributed by atoms with Gasteiger partial charge in [-0.05, 0) is 18.1 Å². The van der Waals surface area contributed by atoms with Gasteiger partial charge >= 0.3 is 0 Å². The fraction of sp³-hybridized carbons (Fsp3) is 0.750. The molecule has 1 unspecified atom stereocenters. The van der Waals surface area contributed by atoms with Crippen LogP contribution in [-0.4, -0.2) is 40.0 Å². The van der Waals surface area contributed by atoms with Crippen molar-refractivity contribution in [3.05, 3.63) is 0 Å². The number of rotatable bonds is 1. The molecular weight excluding hydrogens is 188 g/mol. The second-order valence-electron chi connectivity index (χ2n) is 3.48. The lowest BCUT2D eigenvalue weighted by Gasteiger charge is -2.22. The van der Waals surface area contributed by atoms with Crippen molar-refractivity contribution in [2.75, 3.05) is 14.1 Å². The Morgan fingerprint density at radius 2 is 1.75 bits per heavy atom. The first-order chi connectivity index (χ1) is 5.46. The SMILES string of the molecule is CC(C)C1C(=S)N(C)C(=S)N1C. The van der Waals surface area contributed by atoms with E-state index in [4.69, 9.17) is 24.4 Å². The zero-order chi connectivity index (χ0) is 9.46. The first-order valence-electron chi connectivity index (χ1n) is 4.01. The van der Waals surface area contributed by atoms with E-state index < -0.39 is 0 Å². The van der Waals surface area contributed by atoms with Crippen LogP contribution in [0.25, 0.3) is 0 Å². The van der Waals surface area contributed by atoms with Crippen LogP contribution in [0.4, 0.5) is 0 Å². The standard InChI is InChI=1S/C8H14N2S2/c1-5(2)6-7(11)10(4)8(12)9(6)3/h5-6H,1-4H3. The summed E-state index contributed by atoms with van der Waals surface area (Å²) < 4.78 is 0. The van der Waals surface area contributed by atoms with E-state index in [0.717, 1.165) is 10.1 Å². The van der Waals surface area contributed by atoms with Gasteiger partial charge in [-0.25, -0.2) is 0 Å². The molecule has 68 valence electrons. The van der Waals surface area contributed by atoms with Gasteiger partial charge in [0, 0.05) is 14.1 Å². The van der Waals surface area contributed by atoms with Crippen molar-refractivity contribution < 1.29 is 0 Å². The molecular formula is C8H14N2S2. The Balaban J connectivity index is 2.91. The average Bonchev–Trinajstić information content (AvgIpc) is 2.16. The van der Waals surface area contributed by atoms with Crippen LogP contribution in [0.1, 0.15) is 13.8 Å². The van der Waals surface area contributed by atoms with E-state index in [0.29, 0.717) is 12.0 Å². The minimum Gasteiger partial charge on any atom is -0.342 e. The minimum absolute atomic E-state index is 0.303. The normalized spacial score (nSPS) is 24.6. The van der Waals surface area contributed by atoms with Crippen molar-refractivity contribution in [1.82, 2.24) is 9.80 Å². The van der Waals surface area contributed by atoms with E-state index in [-0.39, 0.29) is 0 Å². The lowest BCUT2D eigenvalue weighted by molar-refractivity contribution is 0.382. The van der Waals surface area contributed by atoms with E-state index in [1.165, 1.54) is 0 Å². The van der Waals surface area contributed by atoms with E-state index in [2.05, 4.69) is 18.7 Å². The fourth-order valence-corrected chi connectivity index (χ4v) is 2.33. The van der Waals surface area contributed by atoms with Crippen LogP contribution in [0.2, 0.25) is 0 Å². The van der Waals surface area contributed by atoms with Gasteiger partial charge in [0.05, 0.1) is 6.04 Å². The Morgan fingerprint density at radius 1 is 1.25 bits per heavy atom. The summed E-state index contributed by atoms with van der Waals surface area (Å²) in [7, 11) is 3.94. The summed E-state index contributed by atoms with van der Waals surface area (Å²) in [5, 5.41) is 0.832. The fourth-order valence-electron chi connectivity index (χ4n) is 1.55. The third kappa shape index (κ3) is 1.33. The monoisotopic (exact) mass is 202 g/mol. The summed E-state index contributed by atoms with van der Waals surface area (Å²) in [5.41, 5.74) is 0. The molecule has 0 bridgehead atoms. The molecule has 0 aliphatic carbocycles. The van der Waals surface area contributed by atoms with Crippen LogP contribution in [0, 0.1) is 5.92 Å². The number of hydrogen-bond acceptors (Lipinski definition) is 2. The number of thiocarbonyl (C=S) groups is 2. The second kappa shape index (κ2) is 3.26. The molecule has 1 rings (SSSR count). The molecule has 1 fully saturated rings. The first-order valence-corrected chi connectivity index (χ1v) is 4.82. The molecule has 0 aromatic carbocycles. The molecule has 1 atom stereocenters. The Labute approximate surface area is 84.5 Å². The van der Waals surface area contributed by atoms with Crippen molar-refractivity contribution in [3.63, 3.8) is 0 Å². The first kappa shape index (κ1) is 9.86. The smallest absolute Gasteiger partial charge is 0.176 e. The molecule has 12 heavy (non-hydrogen) atoms. The lowest BCUT2D eigenvalue weighted by atomic mass is 10.0. The van der Waals surface area contributed by atoms with Gasteiger partial charge in [-0.2, -0.15) is 0 Å². The van der Waals surface area contributed by atoms with Crippen LogP contribution < -0.4 is 0 Å². The zero-order valence-corrected chi connectivity index (χ0v) is 9.50. The van der Waals surface area contributed by atoms with Crippen LogP contribution >= 0.6 is 24.4 Å². The minimum atomic E-state index is 0.303. The topological polar surface area (TPSA) is 6.48 Å². The molecule has 0 aromatic rings. The maximum atomic E-state index is 5.29. The van der Waals surface area contributed by atoms with E-state index >= 15 is 0 Å². The highest BCUT2D eigenvalue weighted by Crippen LogP contribution is 2.21. The molecule has 0 radical (unpaired) electrons. The zero-order valence-electron chi connectivity index (χ0n) is 7.87. The summed E-state index contributed by atoms with van der Waals surface area (Å²) in [6.07, 6.45) is 0. The van der Waals surface area contributed by atoms with Gasteiger partial charge in [0.2, 0.25) is 0 Å². The van der Waals surface area contributed by atoms with Crippen molar-refractivity contribution in [1.29, 1.82) is 0 Å². The predicted octanol–water partition coefficient (Wildman–Crippen LogP) is 1.50. The van der Waals surface area contributed by atoms with E-state index in [1.807, 2.05) is 19.0 Å². The van der Waals surface area contributed by atoms with Gasteiger partial charge in [0.15, 0.2) is 5.11 Å². The molecule has 2 nitrogen and oxygen atoms in total. The maximum absolute atomic E-state index is 5.29. The highest BCUT2D eigenvalue weighted by atomic mass is 32.1. The predicted molar refractivity (Wildman–Crippen MR) is 59.3 cm³/mol. The van der Waals surface area contributed by atoms with E-state index in [1.54, 1.807) is 0 Å². The highest BCUT2D eigenvalue weighted by Gasteiger charge is 2.36. The molecule has 0 amide bonds. The summed E-state index contributed by atoms with van der Waals surface area (Å²) in [6.45, 7) is 4.32. The lowest BCUT2D eigenvalue weighted by Crippen LogP contribution is -2.35. The molecule has 0 aromatic heterocycles. The number of hydrogen-bond donors (Lipinski definition) is 0. The molecule has 0 N–H and O–H groups in total. The largest absolute Gasteiger partial charge is 0.342 e. The van der Waals surface area contributed by atoms with Gasteiger partial charge < -0.3 is 9.80 Å². The van der Waals surface area contributed by atoms with Crippen molar-refractivity contribution in [2.45, 2.75) is 19.9 Å². The molecule has 4 heteroatoms. The Kier molecular flexibility index (Phi) is 2.68. The van der Waals surface area contributed by atoms with Gasteiger partial charge in [0.1, 0.15) is 4.99 Å². The number of nitrogens with zero attached hydrogens (tertiary/aromatic N) is 2. The molecule has 1 saturated heterocycles. The van der Waals surface area contributed by atoms with Gasteiger partial charge in [0.25, 0.3) is 0 Å². The third-order valence-corrected chi connectivity index (χ3v) is 3.30. The Hall–Kier alpha value is -0.220. The molecule has 0 spiro atoms. The number of likely N-dealkylation sites (N-methyl/N-ethyl adjacent to an activating group) is 2. The van der Waals surface area contributed by atoms with Crippen LogP contribution in [0.5, 0.6) is 0 Å². The van der Waals surface area contributed by atoms with E-state index in [9.17, 15) is 0 Å². The molecule has 1 aliphatic heterocycles. The molecule has 1 aliphatic rings. The quantitative estimate of drug-likeness (QED) is 0.594. The van der Waals surface area contributed by atoms with Gasteiger partial charge in [-0.1, -0.05) is 26.1 Å². The van der Waals surface area contributed by atoms with Crippen molar-refractivity contribution >= 4 is 34.5 Å². The average molecular weight is 202 g/mol. The highest BCUT2D eigenvalue weighted by molar-refractivity contribution is 7.82. The summed E-state index contributed by atoms with van der Waals surface area (Å²) in [5.74, 6) is 0.519. The van der Waals surface area contributed by atoms with Crippen LogP contribution in [-0.2, 0) is 0 Å². The molecule has 1 heterocycles. The summed E-state index contributed by atoms with van der Waals surface area (Å²) in [6, 6.07) is 0.303. The maximum Gasteiger partial charge on any atom is 0.176 e. The Morgan fingerprint density at radius 3 is 1.92 bits per heavy atom. The van der Waals surface area contributed by atoms with Gasteiger partial charge in [-0.15, -0.1) is 0 Å². The summed E-state index contributed by atoms with van der Waals surface area (Å²) in [4.78, 5) is 4.93. The van der Waals surface area contributed by atoms with Gasteiger partial charge in [-0.3, -0.25) is 0 Å². The second-order valence-corrected chi connectivity index (χ2v) is 4.26. The third-order valence-electron chi connectivity index (χ3n) is 2.22. The Bertz CT molecular complexity index is 225. The van der Waals surface area contributed by atoms with Crippen LogP contribution in [0.15, 0.2) is 0 Å². The molecule has 0 saturated carbocycles. The summed E-state index contributed by atoms with van der Waals surface area (Å²) >= 11 is 10.5. The van der Waals surface area contributed by atoms with Crippen molar-refractivity contribution in [2.24, 2.45) is 5.92 Å². The van der Waals surface area contributed by atoms with Crippen molar-refractivity contribution in [3.8, 4) is 0 Å². The van der Waals surface area contributed by atoms with Crippen LogP contribution in [0.3, 0.4) is 0 Å².